The van der Waals surface area contributed by atoms with E-state index >= 15 is 0 Å². The summed E-state index contributed by atoms with van der Waals surface area (Å²) in [7, 11) is 0. The van der Waals surface area contributed by atoms with Crippen molar-refractivity contribution in [3.63, 3.8) is 0 Å². The maximum absolute atomic E-state index is 12.9. The lowest BCUT2D eigenvalue weighted by Gasteiger charge is -2.53. The number of benzene rings is 1. The van der Waals surface area contributed by atoms with E-state index in [1.54, 1.807) is 0 Å². The smallest absolute Gasteiger partial charge is 0.309 e. The summed E-state index contributed by atoms with van der Waals surface area (Å²) in [6.07, 6.45) is 3.74. The van der Waals surface area contributed by atoms with Crippen LogP contribution >= 0.6 is 0 Å². The molecule has 0 radical (unpaired) electrons. The zero-order valence-electron chi connectivity index (χ0n) is 14.5. The van der Waals surface area contributed by atoms with Crippen LogP contribution in [0.4, 0.5) is 0 Å². The van der Waals surface area contributed by atoms with Crippen LogP contribution in [0.25, 0.3) is 0 Å². The molecule has 0 aliphatic heterocycles. The van der Waals surface area contributed by atoms with Crippen molar-refractivity contribution in [1.82, 2.24) is 0 Å². The van der Waals surface area contributed by atoms with Gasteiger partial charge >= 0.3 is 5.97 Å². The summed E-state index contributed by atoms with van der Waals surface area (Å²) in [5, 5.41) is 9.82. The van der Waals surface area contributed by atoms with Crippen LogP contribution in [0.5, 0.6) is 0 Å². The Labute approximate surface area is 138 Å². The third kappa shape index (κ3) is 2.09. The number of hydrogen-bond donors (Lipinski definition) is 1. The third-order valence-electron chi connectivity index (χ3n) is 6.60. The molecule has 0 bridgehead atoms. The Kier molecular flexibility index (Phi) is 3.66. The highest BCUT2D eigenvalue weighted by atomic mass is 16.4. The average molecular weight is 314 g/mol. The quantitative estimate of drug-likeness (QED) is 0.886. The highest BCUT2D eigenvalue weighted by molar-refractivity contribution is 6.01. The fourth-order valence-electron chi connectivity index (χ4n) is 5.19. The maximum atomic E-state index is 12.9. The zero-order chi connectivity index (χ0) is 17.0. The van der Waals surface area contributed by atoms with Gasteiger partial charge in [-0.25, -0.2) is 0 Å². The van der Waals surface area contributed by atoms with Crippen molar-refractivity contribution in [3.8, 4) is 0 Å². The summed E-state index contributed by atoms with van der Waals surface area (Å²) in [6.45, 7) is 8.16. The summed E-state index contributed by atoms with van der Waals surface area (Å²) in [5.74, 6) is -0.737. The zero-order valence-corrected chi connectivity index (χ0v) is 14.5. The van der Waals surface area contributed by atoms with Gasteiger partial charge in [0, 0.05) is 12.0 Å². The highest BCUT2D eigenvalue weighted by Gasteiger charge is 2.57. The van der Waals surface area contributed by atoms with Crippen LogP contribution < -0.4 is 0 Å². The van der Waals surface area contributed by atoms with Crippen LogP contribution in [-0.2, 0) is 16.6 Å². The first-order valence-corrected chi connectivity index (χ1v) is 8.65. The first-order valence-electron chi connectivity index (χ1n) is 8.65. The van der Waals surface area contributed by atoms with E-state index < -0.39 is 11.4 Å². The predicted molar refractivity (Wildman–Crippen MR) is 89.9 cm³/mol. The van der Waals surface area contributed by atoms with E-state index in [4.69, 9.17) is 0 Å². The first-order chi connectivity index (χ1) is 10.8. The average Bonchev–Trinajstić information content (AvgIpc) is 2.49. The predicted octanol–water partition coefficient (Wildman–Crippen LogP) is 4.29. The van der Waals surface area contributed by atoms with Crippen molar-refractivity contribution in [2.45, 2.75) is 65.2 Å². The number of Topliss-reactive ketones (excluding diaryl/α,β-unsaturated/α-hetero) is 1. The van der Waals surface area contributed by atoms with Crippen molar-refractivity contribution in [1.29, 1.82) is 0 Å². The van der Waals surface area contributed by atoms with E-state index in [2.05, 4.69) is 32.9 Å². The Morgan fingerprint density at radius 3 is 2.61 bits per heavy atom. The first kappa shape index (κ1) is 16.2. The standard InChI is InChI=1S/C20H26O3/c1-5-13-12(2)7-8-14-17(13)15(21)11-16-19(14,3)9-6-10-20(16,4)18(22)23/h7-8,16H,5-6,9-11H2,1-4H3,(H,22,23)/t16-,19+,20-/m0/s1. The van der Waals surface area contributed by atoms with Gasteiger partial charge in [-0.3, -0.25) is 9.59 Å². The van der Waals surface area contributed by atoms with Gasteiger partial charge in [-0.15, -0.1) is 0 Å². The highest BCUT2D eigenvalue weighted by Crippen LogP contribution is 2.57. The molecule has 3 atom stereocenters. The fourth-order valence-corrected chi connectivity index (χ4v) is 5.19. The molecule has 0 unspecified atom stereocenters. The lowest BCUT2D eigenvalue weighted by molar-refractivity contribution is -0.156. The Hall–Kier alpha value is -1.64. The molecule has 1 saturated carbocycles. The van der Waals surface area contributed by atoms with Gasteiger partial charge in [0.25, 0.3) is 0 Å². The van der Waals surface area contributed by atoms with E-state index in [1.165, 1.54) is 5.56 Å². The van der Waals surface area contributed by atoms with E-state index in [0.717, 1.165) is 36.0 Å². The van der Waals surface area contributed by atoms with E-state index in [1.807, 2.05) is 6.92 Å². The minimum absolute atomic E-state index is 0.117. The molecule has 1 fully saturated rings. The van der Waals surface area contributed by atoms with Gasteiger partial charge in [0.05, 0.1) is 5.41 Å². The molecule has 0 spiro atoms. The number of carbonyl (C=O) groups is 2. The van der Waals surface area contributed by atoms with E-state index in [-0.39, 0.29) is 17.1 Å². The van der Waals surface area contributed by atoms with Crippen LogP contribution in [0.15, 0.2) is 12.1 Å². The van der Waals surface area contributed by atoms with Gasteiger partial charge in [0.1, 0.15) is 0 Å². The van der Waals surface area contributed by atoms with Crippen LogP contribution in [0.3, 0.4) is 0 Å². The van der Waals surface area contributed by atoms with Gasteiger partial charge < -0.3 is 5.11 Å². The SMILES string of the molecule is CCc1c(C)ccc2c1C(=O)C[C@@H]1[C@@](C)(C(=O)O)CCC[C@]21C. The maximum Gasteiger partial charge on any atom is 0.309 e. The van der Waals surface area contributed by atoms with Crippen molar-refractivity contribution in [2.75, 3.05) is 0 Å². The molecule has 3 heteroatoms. The fraction of sp³-hybridized carbons (Fsp3) is 0.600. The molecule has 0 aromatic heterocycles. The number of aryl methyl sites for hydroxylation is 1. The number of fused-ring (bicyclic) bond motifs is 3. The van der Waals surface area contributed by atoms with Crippen LogP contribution in [0, 0.1) is 18.3 Å². The monoisotopic (exact) mass is 314 g/mol. The lowest BCUT2D eigenvalue weighted by atomic mass is 9.49. The summed E-state index contributed by atoms with van der Waals surface area (Å²) < 4.78 is 0. The summed E-state index contributed by atoms with van der Waals surface area (Å²) in [6, 6.07) is 4.19. The topological polar surface area (TPSA) is 54.4 Å². The van der Waals surface area contributed by atoms with Gasteiger partial charge in [-0.1, -0.05) is 32.4 Å². The molecule has 0 amide bonds. The molecule has 3 rings (SSSR count). The van der Waals surface area contributed by atoms with Crippen LogP contribution in [0.2, 0.25) is 0 Å². The molecule has 1 aromatic rings. The molecule has 2 aliphatic carbocycles. The van der Waals surface area contributed by atoms with Crippen LogP contribution in [0.1, 0.15) is 73.5 Å². The molecule has 2 aliphatic rings. The Balaban J connectivity index is 2.24. The number of carboxylic acid groups (broad SMARTS) is 1. The molecule has 3 nitrogen and oxygen atoms in total. The molecule has 0 saturated heterocycles. The Morgan fingerprint density at radius 2 is 2.00 bits per heavy atom. The molecular weight excluding hydrogens is 288 g/mol. The molecule has 1 aromatic carbocycles. The second-order valence-electron chi connectivity index (χ2n) is 7.81. The Morgan fingerprint density at radius 1 is 1.30 bits per heavy atom. The molecule has 1 N–H and O–H groups in total. The Bertz CT molecular complexity index is 690. The number of carbonyl (C=O) groups excluding carboxylic acids is 1. The van der Waals surface area contributed by atoms with Gasteiger partial charge in [0.2, 0.25) is 0 Å². The second kappa shape index (κ2) is 5.19. The van der Waals surface area contributed by atoms with Gasteiger partial charge in [-0.2, -0.15) is 0 Å². The minimum Gasteiger partial charge on any atom is -0.481 e. The molecule has 124 valence electrons. The van der Waals surface area contributed by atoms with Crippen molar-refractivity contribution in [3.05, 3.63) is 34.4 Å². The summed E-state index contributed by atoms with van der Waals surface area (Å²) in [4.78, 5) is 24.9. The number of hydrogen-bond acceptors (Lipinski definition) is 2. The van der Waals surface area contributed by atoms with Crippen molar-refractivity contribution in [2.24, 2.45) is 11.3 Å². The van der Waals surface area contributed by atoms with Crippen molar-refractivity contribution < 1.29 is 14.7 Å². The normalized spacial score (nSPS) is 33.0. The third-order valence-corrected chi connectivity index (χ3v) is 6.60. The number of ketones is 1. The largest absolute Gasteiger partial charge is 0.481 e. The second-order valence-corrected chi connectivity index (χ2v) is 7.81. The molecule has 0 heterocycles. The van der Waals surface area contributed by atoms with Crippen LogP contribution in [-0.4, -0.2) is 16.9 Å². The minimum atomic E-state index is -0.808. The van der Waals surface area contributed by atoms with E-state index in [0.29, 0.717) is 12.8 Å². The summed E-state index contributed by atoms with van der Waals surface area (Å²) in [5.41, 5.74) is 3.27. The number of carboxylic acids is 1. The lowest BCUT2D eigenvalue weighted by Crippen LogP contribution is -2.53. The van der Waals surface area contributed by atoms with Gasteiger partial charge in [0.15, 0.2) is 5.78 Å². The van der Waals surface area contributed by atoms with E-state index in [9.17, 15) is 14.7 Å². The van der Waals surface area contributed by atoms with Crippen molar-refractivity contribution >= 4 is 11.8 Å². The number of rotatable bonds is 2. The summed E-state index contributed by atoms with van der Waals surface area (Å²) >= 11 is 0. The molecular formula is C20H26O3. The molecule has 23 heavy (non-hydrogen) atoms. The van der Waals surface area contributed by atoms with Gasteiger partial charge in [-0.05, 0) is 61.1 Å². The number of aliphatic carboxylic acids is 1.